The molecule has 2 aliphatic rings. The minimum Gasteiger partial charge on any atom is -0.383 e. The fraction of sp³-hybridized carbons (Fsp3) is 0.278. The van der Waals surface area contributed by atoms with Gasteiger partial charge in [0.2, 0.25) is 0 Å². The number of carbonyl (C=O) groups excluding carboxylic acids is 1. The lowest BCUT2D eigenvalue weighted by atomic mass is 9.93. The Morgan fingerprint density at radius 3 is 2.58 bits per heavy atom. The number of amides is 1. The van der Waals surface area contributed by atoms with E-state index in [2.05, 4.69) is 10.3 Å². The number of benzene rings is 1. The van der Waals surface area contributed by atoms with Crippen LogP contribution in [0.1, 0.15) is 28.8 Å². The summed E-state index contributed by atoms with van der Waals surface area (Å²) in [6, 6.07) is 11.4. The lowest BCUT2D eigenvalue weighted by molar-refractivity contribution is 0.0685. The Morgan fingerprint density at radius 2 is 1.83 bits per heavy atom. The molecule has 1 amide bonds. The summed E-state index contributed by atoms with van der Waals surface area (Å²) in [4.78, 5) is 23.1. The second-order valence-electron chi connectivity index (χ2n) is 6.23. The van der Waals surface area contributed by atoms with E-state index in [1.165, 1.54) is 0 Å². The number of rotatable bonds is 1. The van der Waals surface area contributed by atoms with Crippen molar-refractivity contribution in [1.29, 1.82) is 0 Å². The lowest BCUT2D eigenvalue weighted by Gasteiger charge is -2.42. The van der Waals surface area contributed by atoms with Crippen molar-refractivity contribution in [3.05, 3.63) is 59.9 Å². The van der Waals surface area contributed by atoms with E-state index in [1.807, 2.05) is 29.2 Å². The third-order valence-electron chi connectivity index (χ3n) is 4.71. The van der Waals surface area contributed by atoms with Crippen molar-refractivity contribution >= 4 is 17.4 Å². The number of carbonyl (C=O) groups is 1. The topological polar surface area (TPSA) is 83.6 Å². The van der Waals surface area contributed by atoms with Crippen molar-refractivity contribution in [3.63, 3.8) is 0 Å². The van der Waals surface area contributed by atoms with Crippen LogP contribution in [0.3, 0.4) is 0 Å². The highest BCUT2D eigenvalue weighted by molar-refractivity contribution is 6.04. The zero-order chi connectivity index (χ0) is 16.6. The molecule has 2 aliphatic heterocycles. The van der Waals surface area contributed by atoms with Crippen LogP contribution in [0, 0.1) is 0 Å². The first kappa shape index (κ1) is 14.7. The number of hydrogen-bond acceptors (Lipinski definition) is 5. The molecule has 4 rings (SSSR count). The number of fused-ring (bicyclic) bond motifs is 1. The van der Waals surface area contributed by atoms with Gasteiger partial charge in [-0.1, -0.05) is 12.1 Å². The van der Waals surface area contributed by atoms with Gasteiger partial charge in [0, 0.05) is 55.1 Å². The van der Waals surface area contributed by atoms with Crippen LogP contribution in [0.15, 0.2) is 53.8 Å². The summed E-state index contributed by atoms with van der Waals surface area (Å²) in [5.74, 6) is 0.610. The van der Waals surface area contributed by atoms with E-state index in [0.29, 0.717) is 24.5 Å². The average Bonchev–Trinajstić information content (AvgIpc) is 2.62. The Hall–Kier alpha value is -2.89. The molecular formula is C18H19N5O. The van der Waals surface area contributed by atoms with Crippen molar-refractivity contribution in [1.82, 2.24) is 9.88 Å². The third kappa shape index (κ3) is 2.50. The molecule has 0 aliphatic carbocycles. The molecule has 122 valence electrons. The van der Waals surface area contributed by atoms with E-state index in [0.717, 1.165) is 24.1 Å². The molecular weight excluding hydrogens is 302 g/mol. The van der Waals surface area contributed by atoms with Crippen LogP contribution >= 0.6 is 0 Å². The molecule has 6 heteroatoms. The minimum atomic E-state index is -0.409. The number of anilines is 1. The summed E-state index contributed by atoms with van der Waals surface area (Å²) < 4.78 is 0. The molecule has 3 heterocycles. The number of aromatic nitrogens is 1. The van der Waals surface area contributed by atoms with Gasteiger partial charge in [0.1, 0.15) is 11.5 Å². The normalized spacial score (nSPS) is 18.5. The van der Waals surface area contributed by atoms with Gasteiger partial charge in [-0.25, -0.2) is 4.99 Å². The summed E-state index contributed by atoms with van der Waals surface area (Å²) in [5, 5.41) is 3.53. The van der Waals surface area contributed by atoms with E-state index < -0.39 is 5.66 Å². The van der Waals surface area contributed by atoms with E-state index in [1.54, 1.807) is 24.5 Å². The highest BCUT2D eigenvalue weighted by atomic mass is 16.2. The van der Waals surface area contributed by atoms with Crippen molar-refractivity contribution in [2.75, 3.05) is 18.4 Å². The molecule has 0 radical (unpaired) electrons. The van der Waals surface area contributed by atoms with Gasteiger partial charge in [-0.3, -0.25) is 9.78 Å². The zero-order valence-corrected chi connectivity index (χ0v) is 13.3. The van der Waals surface area contributed by atoms with Crippen molar-refractivity contribution < 1.29 is 4.79 Å². The Morgan fingerprint density at radius 1 is 1.12 bits per heavy atom. The summed E-state index contributed by atoms with van der Waals surface area (Å²) >= 11 is 0. The molecule has 0 atom stereocenters. The Labute approximate surface area is 140 Å². The predicted molar refractivity (Wildman–Crippen MR) is 92.9 cm³/mol. The number of pyridine rings is 1. The molecule has 0 saturated carbocycles. The Kier molecular flexibility index (Phi) is 3.45. The second kappa shape index (κ2) is 5.63. The SMILES string of the molecule is NC1=NC2(CCN(C(=O)c3ccncc3)CC2)Nc2ccccc21. The van der Waals surface area contributed by atoms with Crippen LogP contribution in [-0.4, -0.2) is 40.4 Å². The molecule has 1 aromatic heterocycles. The van der Waals surface area contributed by atoms with Crippen molar-refractivity contribution in [2.45, 2.75) is 18.5 Å². The quantitative estimate of drug-likeness (QED) is 0.839. The Bertz CT molecular complexity index is 794. The second-order valence-corrected chi connectivity index (χ2v) is 6.23. The highest BCUT2D eigenvalue weighted by Gasteiger charge is 2.38. The van der Waals surface area contributed by atoms with Crippen molar-refractivity contribution in [3.8, 4) is 0 Å². The monoisotopic (exact) mass is 321 g/mol. The van der Waals surface area contributed by atoms with Crippen LogP contribution in [0.25, 0.3) is 0 Å². The highest BCUT2D eigenvalue weighted by Crippen LogP contribution is 2.34. The van der Waals surface area contributed by atoms with Gasteiger partial charge in [0.05, 0.1) is 0 Å². The number of nitrogens with one attached hydrogen (secondary N) is 1. The van der Waals surface area contributed by atoms with Crippen LogP contribution in [0.5, 0.6) is 0 Å². The maximum atomic E-state index is 12.6. The van der Waals surface area contributed by atoms with Gasteiger partial charge in [-0.15, -0.1) is 0 Å². The first-order chi connectivity index (χ1) is 11.7. The Balaban J connectivity index is 1.51. The summed E-state index contributed by atoms with van der Waals surface area (Å²) in [7, 11) is 0. The average molecular weight is 321 g/mol. The molecule has 1 spiro atoms. The molecule has 3 N–H and O–H groups in total. The standard InChI is InChI=1S/C18H19N5O/c19-16-14-3-1-2-4-15(14)21-18(22-16)7-11-23(12-8-18)17(24)13-5-9-20-10-6-13/h1-6,9-10,21H,7-8,11-12H2,(H2,19,22). The number of nitrogens with two attached hydrogens (primary N) is 1. The number of amidine groups is 1. The summed E-state index contributed by atoms with van der Waals surface area (Å²) in [6.45, 7) is 1.29. The van der Waals surface area contributed by atoms with Gasteiger partial charge < -0.3 is 16.0 Å². The van der Waals surface area contributed by atoms with E-state index in [9.17, 15) is 4.79 Å². The van der Waals surface area contributed by atoms with Crippen LogP contribution in [0.2, 0.25) is 0 Å². The maximum absolute atomic E-state index is 12.6. The number of hydrogen-bond donors (Lipinski definition) is 2. The van der Waals surface area contributed by atoms with Gasteiger partial charge in [-0.05, 0) is 24.3 Å². The first-order valence-electron chi connectivity index (χ1n) is 8.09. The number of aliphatic imine (C=N–C) groups is 1. The summed E-state index contributed by atoms with van der Waals surface area (Å²) in [6.07, 6.45) is 4.75. The fourth-order valence-electron chi connectivity index (χ4n) is 3.38. The first-order valence-corrected chi connectivity index (χ1v) is 8.09. The van der Waals surface area contributed by atoms with Crippen molar-refractivity contribution in [2.24, 2.45) is 10.7 Å². The van der Waals surface area contributed by atoms with E-state index in [-0.39, 0.29) is 5.91 Å². The fourth-order valence-corrected chi connectivity index (χ4v) is 3.38. The molecule has 1 saturated heterocycles. The molecule has 6 nitrogen and oxygen atoms in total. The number of nitrogens with zero attached hydrogens (tertiary/aromatic N) is 3. The molecule has 24 heavy (non-hydrogen) atoms. The summed E-state index contributed by atoms with van der Waals surface area (Å²) in [5.41, 5.74) is 8.38. The zero-order valence-electron chi connectivity index (χ0n) is 13.3. The number of likely N-dealkylation sites (tertiary alicyclic amines) is 1. The van der Waals surface area contributed by atoms with Crippen LogP contribution in [0.4, 0.5) is 5.69 Å². The number of para-hydroxylation sites is 1. The molecule has 0 unspecified atom stereocenters. The maximum Gasteiger partial charge on any atom is 0.253 e. The predicted octanol–water partition coefficient (Wildman–Crippen LogP) is 1.84. The molecule has 1 aromatic carbocycles. The van der Waals surface area contributed by atoms with Gasteiger partial charge in [-0.2, -0.15) is 0 Å². The smallest absolute Gasteiger partial charge is 0.253 e. The third-order valence-corrected chi connectivity index (χ3v) is 4.71. The van der Waals surface area contributed by atoms with E-state index in [4.69, 9.17) is 10.7 Å². The van der Waals surface area contributed by atoms with Crippen LogP contribution < -0.4 is 11.1 Å². The van der Waals surface area contributed by atoms with Crippen LogP contribution in [-0.2, 0) is 0 Å². The minimum absolute atomic E-state index is 0.0420. The lowest BCUT2D eigenvalue weighted by Crippen LogP contribution is -2.52. The van der Waals surface area contributed by atoms with Gasteiger partial charge in [0.25, 0.3) is 5.91 Å². The largest absolute Gasteiger partial charge is 0.383 e. The molecule has 2 aromatic rings. The van der Waals surface area contributed by atoms with Gasteiger partial charge in [0.15, 0.2) is 0 Å². The van der Waals surface area contributed by atoms with E-state index >= 15 is 0 Å². The molecule has 0 bridgehead atoms. The number of piperidine rings is 1. The van der Waals surface area contributed by atoms with Gasteiger partial charge >= 0.3 is 0 Å². The molecule has 1 fully saturated rings.